The largest absolute Gasteiger partial charge is 0.419 e. The summed E-state index contributed by atoms with van der Waals surface area (Å²) in [5, 5.41) is 8.93. The van der Waals surface area contributed by atoms with Gasteiger partial charge in [0.1, 0.15) is 11.9 Å². The molecular formula is C19H10F4N2O2. The average molecular weight is 374 g/mol. The topological polar surface area (TPSA) is 70.8 Å². The van der Waals surface area contributed by atoms with Crippen molar-refractivity contribution in [3.05, 3.63) is 75.4 Å². The van der Waals surface area contributed by atoms with Gasteiger partial charge in [0.15, 0.2) is 17.3 Å². The molecule has 0 aliphatic heterocycles. The first-order valence-corrected chi connectivity index (χ1v) is 7.69. The van der Waals surface area contributed by atoms with Gasteiger partial charge >= 0.3 is 6.18 Å². The molecule has 0 amide bonds. The SMILES string of the molecule is CC1=C(Cc2ccc(C(F)(F)F)c(C#N)n2)C(=O)c2ccc(F)cc2C1=O. The molecule has 0 bridgehead atoms. The number of halogens is 4. The number of rotatable bonds is 2. The van der Waals surface area contributed by atoms with Gasteiger partial charge in [0, 0.05) is 34.4 Å². The van der Waals surface area contributed by atoms with E-state index < -0.39 is 34.8 Å². The molecule has 1 aliphatic carbocycles. The number of hydrogen-bond acceptors (Lipinski definition) is 4. The van der Waals surface area contributed by atoms with Crippen molar-refractivity contribution >= 4 is 11.6 Å². The minimum Gasteiger partial charge on any atom is -0.289 e. The van der Waals surface area contributed by atoms with E-state index in [4.69, 9.17) is 5.26 Å². The second kappa shape index (κ2) is 6.43. The number of hydrogen-bond donors (Lipinski definition) is 0. The molecule has 0 unspecified atom stereocenters. The van der Waals surface area contributed by atoms with Crippen LogP contribution in [0.15, 0.2) is 41.5 Å². The van der Waals surface area contributed by atoms with Crippen LogP contribution in [0.1, 0.15) is 44.6 Å². The maximum Gasteiger partial charge on any atom is 0.419 e. The van der Waals surface area contributed by atoms with Crippen molar-refractivity contribution in [3.63, 3.8) is 0 Å². The molecule has 0 spiro atoms. The second-order valence-corrected chi connectivity index (χ2v) is 5.94. The number of Topliss-reactive ketones (excluding diaryl/α,β-unsaturated/α-hetero) is 2. The van der Waals surface area contributed by atoms with E-state index in [1.165, 1.54) is 19.1 Å². The lowest BCUT2D eigenvalue weighted by Crippen LogP contribution is -2.22. The minimum atomic E-state index is -4.73. The Hall–Kier alpha value is -3.34. The molecule has 0 fully saturated rings. The fraction of sp³-hybridized carbons (Fsp3) is 0.158. The lowest BCUT2D eigenvalue weighted by molar-refractivity contribution is -0.138. The molecule has 27 heavy (non-hydrogen) atoms. The molecule has 0 radical (unpaired) electrons. The zero-order chi connectivity index (χ0) is 19.9. The Balaban J connectivity index is 2.02. The number of carbonyl (C=O) groups excluding carboxylic acids is 2. The molecule has 136 valence electrons. The maximum atomic E-state index is 13.4. The molecule has 0 N–H and O–H groups in total. The number of fused-ring (bicyclic) bond motifs is 1. The molecule has 1 aromatic heterocycles. The van der Waals surface area contributed by atoms with E-state index >= 15 is 0 Å². The van der Waals surface area contributed by atoms with Crippen LogP contribution in [0, 0.1) is 17.1 Å². The van der Waals surface area contributed by atoms with Crippen molar-refractivity contribution in [2.45, 2.75) is 19.5 Å². The Morgan fingerprint density at radius 3 is 2.41 bits per heavy atom. The van der Waals surface area contributed by atoms with E-state index in [0.717, 1.165) is 24.3 Å². The highest BCUT2D eigenvalue weighted by atomic mass is 19.4. The fourth-order valence-corrected chi connectivity index (χ4v) is 2.88. The van der Waals surface area contributed by atoms with E-state index in [-0.39, 0.29) is 34.4 Å². The zero-order valence-corrected chi connectivity index (χ0v) is 13.8. The number of carbonyl (C=O) groups is 2. The summed E-state index contributed by atoms with van der Waals surface area (Å²) < 4.78 is 52.0. The highest BCUT2D eigenvalue weighted by molar-refractivity contribution is 6.26. The monoisotopic (exact) mass is 374 g/mol. The van der Waals surface area contributed by atoms with E-state index in [1.807, 2.05) is 0 Å². The number of aromatic nitrogens is 1. The number of allylic oxidation sites excluding steroid dienone is 2. The number of nitrogens with zero attached hydrogens (tertiary/aromatic N) is 2. The van der Waals surface area contributed by atoms with Crippen molar-refractivity contribution in [3.8, 4) is 6.07 Å². The van der Waals surface area contributed by atoms with Gasteiger partial charge in [-0.3, -0.25) is 9.59 Å². The molecule has 0 saturated carbocycles. The van der Waals surface area contributed by atoms with Gasteiger partial charge in [-0.15, -0.1) is 0 Å². The van der Waals surface area contributed by atoms with E-state index in [9.17, 15) is 27.2 Å². The third-order valence-corrected chi connectivity index (χ3v) is 4.26. The number of benzene rings is 1. The Labute approximate surface area is 150 Å². The van der Waals surface area contributed by atoms with E-state index in [2.05, 4.69) is 4.98 Å². The van der Waals surface area contributed by atoms with Gasteiger partial charge in [0.25, 0.3) is 0 Å². The second-order valence-electron chi connectivity index (χ2n) is 5.94. The summed E-state index contributed by atoms with van der Waals surface area (Å²) in [6.07, 6.45) is -4.95. The van der Waals surface area contributed by atoms with Crippen LogP contribution in [0.4, 0.5) is 17.6 Å². The molecule has 2 aromatic rings. The normalized spacial score (nSPS) is 14.2. The summed E-state index contributed by atoms with van der Waals surface area (Å²) in [5.74, 6) is -1.72. The summed E-state index contributed by atoms with van der Waals surface area (Å²) in [7, 11) is 0. The zero-order valence-electron chi connectivity index (χ0n) is 13.8. The first kappa shape index (κ1) is 18.5. The summed E-state index contributed by atoms with van der Waals surface area (Å²) in [5.41, 5.74) is -1.86. The van der Waals surface area contributed by atoms with Crippen molar-refractivity contribution in [1.29, 1.82) is 5.26 Å². The maximum absolute atomic E-state index is 13.4. The number of ketones is 2. The van der Waals surface area contributed by atoms with Gasteiger partial charge < -0.3 is 0 Å². The highest BCUT2D eigenvalue weighted by Gasteiger charge is 2.35. The van der Waals surface area contributed by atoms with Crippen LogP contribution in [0.3, 0.4) is 0 Å². The third-order valence-electron chi connectivity index (χ3n) is 4.26. The van der Waals surface area contributed by atoms with Crippen molar-refractivity contribution < 1.29 is 27.2 Å². The van der Waals surface area contributed by atoms with Crippen LogP contribution in [0.2, 0.25) is 0 Å². The standard InChI is InChI=1S/C19H10F4N2O2/c1-9-13(18(27)12-4-2-10(20)6-14(12)17(9)26)7-11-3-5-15(19(21,22)23)16(8-24)25-11/h2-6H,7H2,1H3. The summed E-state index contributed by atoms with van der Waals surface area (Å²) in [6.45, 7) is 1.39. The van der Waals surface area contributed by atoms with Gasteiger partial charge in [-0.25, -0.2) is 9.37 Å². The first-order valence-electron chi connectivity index (χ1n) is 7.69. The molecule has 8 heteroatoms. The first-order chi connectivity index (χ1) is 12.6. The van der Waals surface area contributed by atoms with Gasteiger partial charge in [0.05, 0.1) is 5.56 Å². The Morgan fingerprint density at radius 2 is 1.78 bits per heavy atom. The van der Waals surface area contributed by atoms with Gasteiger partial charge in [-0.05, 0) is 37.3 Å². The summed E-state index contributed by atoms with van der Waals surface area (Å²) in [6, 6.07) is 6.38. The quantitative estimate of drug-likeness (QED) is 0.744. The van der Waals surface area contributed by atoms with Crippen LogP contribution >= 0.6 is 0 Å². The van der Waals surface area contributed by atoms with E-state index in [1.54, 1.807) is 0 Å². The predicted octanol–water partition coefficient (Wildman–Crippen LogP) is 4.05. The highest BCUT2D eigenvalue weighted by Crippen LogP contribution is 2.32. The fourth-order valence-electron chi connectivity index (χ4n) is 2.88. The molecule has 1 aromatic carbocycles. The van der Waals surface area contributed by atoms with Gasteiger partial charge in [-0.1, -0.05) is 0 Å². The molecule has 3 rings (SSSR count). The number of alkyl halides is 3. The molecule has 0 atom stereocenters. The molecule has 0 saturated heterocycles. The smallest absolute Gasteiger partial charge is 0.289 e. The Kier molecular flexibility index (Phi) is 4.39. The third kappa shape index (κ3) is 3.24. The van der Waals surface area contributed by atoms with Crippen molar-refractivity contribution in [2.75, 3.05) is 0 Å². The number of nitriles is 1. The molecule has 4 nitrogen and oxygen atoms in total. The Bertz CT molecular complexity index is 1060. The lowest BCUT2D eigenvalue weighted by Gasteiger charge is -2.19. The van der Waals surface area contributed by atoms with Crippen LogP contribution in [0.5, 0.6) is 0 Å². The van der Waals surface area contributed by atoms with Crippen molar-refractivity contribution in [2.24, 2.45) is 0 Å². The van der Waals surface area contributed by atoms with Crippen LogP contribution in [0.25, 0.3) is 0 Å². The van der Waals surface area contributed by atoms with Gasteiger partial charge in [0.2, 0.25) is 0 Å². The Morgan fingerprint density at radius 1 is 1.07 bits per heavy atom. The lowest BCUT2D eigenvalue weighted by atomic mass is 9.83. The molecule has 1 heterocycles. The average Bonchev–Trinajstić information content (AvgIpc) is 2.62. The van der Waals surface area contributed by atoms with Crippen LogP contribution in [-0.2, 0) is 12.6 Å². The molecule has 1 aliphatic rings. The number of pyridine rings is 1. The molecular weight excluding hydrogens is 364 g/mol. The summed E-state index contributed by atoms with van der Waals surface area (Å²) in [4.78, 5) is 28.8. The van der Waals surface area contributed by atoms with E-state index in [0.29, 0.717) is 0 Å². The summed E-state index contributed by atoms with van der Waals surface area (Å²) >= 11 is 0. The van der Waals surface area contributed by atoms with Crippen molar-refractivity contribution in [1.82, 2.24) is 4.98 Å². The predicted molar refractivity (Wildman–Crippen MR) is 85.4 cm³/mol. The van der Waals surface area contributed by atoms with Gasteiger partial charge in [-0.2, -0.15) is 18.4 Å². The van der Waals surface area contributed by atoms with Crippen LogP contribution in [-0.4, -0.2) is 16.6 Å². The van der Waals surface area contributed by atoms with Crippen LogP contribution < -0.4 is 0 Å². The minimum absolute atomic E-state index is 0.0226.